The Labute approximate surface area is 157 Å². The summed E-state index contributed by atoms with van der Waals surface area (Å²) in [5.74, 6) is 1.44. The summed E-state index contributed by atoms with van der Waals surface area (Å²) >= 11 is 5.90. The molecule has 0 aliphatic heterocycles. The summed E-state index contributed by atoms with van der Waals surface area (Å²) in [5, 5.41) is 3.73. The quantitative estimate of drug-likeness (QED) is 0.723. The third-order valence-corrected chi connectivity index (χ3v) is 4.40. The fourth-order valence-corrected chi connectivity index (χ4v) is 2.87. The number of benzene rings is 2. The van der Waals surface area contributed by atoms with Gasteiger partial charge in [0.25, 0.3) is 0 Å². The maximum atomic E-state index is 12.6. The van der Waals surface area contributed by atoms with Crippen LogP contribution in [0.5, 0.6) is 5.75 Å². The minimum Gasteiger partial charge on any atom is -0.497 e. The Bertz CT molecular complexity index is 873. The lowest BCUT2D eigenvalue weighted by Gasteiger charge is -2.19. The number of rotatable bonds is 6. The van der Waals surface area contributed by atoms with Crippen molar-refractivity contribution in [3.8, 4) is 5.75 Å². The number of carbonyl (C=O) groups is 1. The molecule has 134 valence electrons. The lowest BCUT2D eigenvalue weighted by Crippen LogP contribution is -2.32. The average Bonchev–Trinajstić information content (AvgIpc) is 3.07. The number of carbonyl (C=O) groups excluding carboxylic acids is 1. The van der Waals surface area contributed by atoms with E-state index in [-0.39, 0.29) is 18.4 Å². The molecule has 0 fully saturated rings. The Morgan fingerprint density at radius 1 is 1.19 bits per heavy atom. The predicted octanol–water partition coefficient (Wildman–Crippen LogP) is 3.53. The molecule has 3 rings (SSSR count). The molecule has 0 saturated carbocycles. The van der Waals surface area contributed by atoms with E-state index in [4.69, 9.17) is 16.3 Å². The van der Waals surface area contributed by atoms with Gasteiger partial charge in [-0.2, -0.15) is 0 Å². The SMILES string of the molecule is COc1ccc(C(NC(=O)Cc2ccc(Cl)cc2)c2nccn2C)cc1. The van der Waals surface area contributed by atoms with Crippen molar-refractivity contribution in [2.45, 2.75) is 12.5 Å². The van der Waals surface area contributed by atoms with Crippen molar-refractivity contribution in [2.75, 3.05) is 7.11 Å². The van der Waals surface area contributed by atoms with Crippen molar-refractivity contribution in [3.63, 3.8) is 0 Å². The molecule has 3 aromatic rings. The molecule has 1 aromatic heterocycles. The molecule has 1 unspecified atom stereocenters. The lowest BCUT2D eigenvalue weighted by atomic mass is 10.0. The van der Waals surface area contributed by atoms with Gasteiger partial charge in [0.2, 0.25) is 5.91 Å². The van der Waals surface area contributed by atoms with Gasteiger partial charge in [-0.15, -0.1) is 0 Å². The van der Waals surface area contributed by atoms with Gasteiger partial charge in [0, 0.05) is 24.5 Å². The van der Waals surface area contributed by atoms with Crippen molar-refractivity contribution in [2.24, 2.45) is 7.05 Å². The number of hydrogen-bond acceptors (Lipinski definition) is 3. The summed E-state index contributed by atoms with van der Waals surface area (Å²) < 4.78 is 7.11. The maximum Gasteiger partial charge on any atom is 0.225 e. The fourth-order valence-electron chi connectivity index (χ4n) is 2.75. The van der Waals surface area contributed by atoms with Gasteiger partial charge in [-0.05, 0) is 35.4 Å². The van der Waals surface area contributed by atoms with Crippen LogP contribution < -0.4 is 10.1 Å². The van der Waals surface area contributed by atoms with Gasteiger partial charge in [0.15, 0.2) is 0 Å². The van der Waals surface area contributed by atoms with E-state index in [0.29, 0.717) is 5.02 Å². The molecule has 0 saturated heterocycles. The van der Waals surface area contributed by atoms with Crippen LogP contribution in [0.2, 0.25) is 5.02 Å². The van der Waals surface area contributed by atoms with Crippen LogP contribution in [-0.2, 0) is 18.3 Å². The van der Waals surface area contributed by atoms with Crippen LogP contribution >= 0.6 is 11.6 Å². The molecule has 5 nitrogen and oxygen atoms in total. The van der Waals surface area contributed by atoms with E-state index < -0.39 is 0 Å². The Morgan fingerprint density at radius 3 is 2.46 bits per heavy atom. The minimum absolute atomic E-state index is 0.0869. The Kier molecular flexibility index (Phi) is 5.58. The van der Waals surface area contributed by atoms with Crippen LogP contribution in [0.1, 0.15) is 23.0 Å². The molecular formula is C20H20ClN3O2. The number of aromatic nitrogens is 2. The number of ether oxygens (including phenoxy) is 1. The van der Waals surface area contributed by atoms with Gasteiger partial charge in [-0.25, -0.2) is 4.98 Å². The molecule has 1 N–H and O–H groups in total. The maximum absolute atomic E-state index is 12.6. The summed E-state index contributed by atoms with van der Waals surface area (Å²) in [6.07, 6.45) is 3.85. The van der Waals surface area contributed by atoms with Crippen LogP contribution in [0.25, 0.3) is 0 Å². The molecule has 0 spiro atoms. The van der Waals surface area contributed by atoms with Gasteiger partial charge in [0.05, 0.1) is 13.5 Å². The highest BCUT2D eigenvalue weighted by Gasteiger charge is 2.21. The van der Waals surface area contributed by atoms with Crippen LogP contribution in [0, 0.1) is 0 Å². The summed E-state index contributed by atoms with van der Waals surface area (Å²) in [6.45, 7) is 0. The molecular weight excluding hydrogens is 350 g/mol. The number of hydrogen-bond donors (Lipinski definition) is 1. The Hall–Kier alpha value is -2.79. The minimum atomic E-state index is -0.347. The van der Waals surface area contributed by atoms with Crippen LogP contribution in [-0.4, -0.2) is 22.6 Å². The summed E-state index contributed by atoms with van der Waals surface area (Å²) in [5.41, 5.74) is 1.84. The lowest BCUT2D eigenvalue weighted by molar-refractivity contribution is -0.121. The number of aryl methyl sites for hydroxylation is 1. The summed E-state index contributed by atoms with van der Waals surface area (Å²) in [6, 6.07) is 14.5. The molecule has 0 aliphatic rings. The topological polar surface area (TPSA) is 56.1 Å². The van der Waals surface area contributed by atoms with E-state index in [1.807, 2.05) is 54.2 Å². The third-order valence-electron chi connectivity index (χ3n) is 4.15. The second-order valence-corrected chi connectivity index (χ2v) is 6.41. The summed E-state index contributed by atoms with van der Waals surface area (Å²) in [4.78, 5) is 17.0. The molecule has 1 amide bonds. The highest BCUT2D eigenvalue weighted by Crippen LogP contribution is 2.23. The van der Waals surface area contributed by atoms with Crippen molar-refractivity contribution in [1.82, 2.24) is 14.9 Å². The zero-order chi connectivity index (χ0) is 18.5. The number of amides is 1. The molecule has 0 aliphatic carbocycles. The van der Waals surface area contributed by atoms with E-state index in [1.54, 1.807) is 25.4 Å². The number of nitrogens with one attached hydrogen (secondary N) is 1. The van der Waals surface area contributed by atoms with E-state index in [1.165, 1.54) is 0 Å². The highest BCUT2D eigenvalue weighted by atomic mass is 35.5. The zero-order valence-electron chi connectivity index (χ0n) is 14.6. The zero-order valence-corrected chi connectivity index (χ0v) is 15.4. The van der Waals surface area contributed by atoms with Gasteiger partial charge in [0.1, 0.15) is 17.6 Å². The first-order valence-corrected chi connectivity index (χ1v) is 8.59. The number of methoxy groups -OCH3 is 1. The van der Waals surface area contributed by atoms with Crippen molar-refractivity contribution >= 4 is 17.5 Å². The first-order valence-electron chi connectivity index (χ1n) is 8.22. The van der Waals surface area contributed by atoms with Gasteiger partial charge in [-0.3, -0.25) is 4.79 Å². The van der Waals surface area contributed by atoms with E-state index in [2.05, 4.69) is 10.3 Å². The molecule has 0 bridgehead atoms. The largest absolute Gasteiger partial charge is 0.497 e. The first kappa shape index (κ1) is 18.0. The van der Waals surface area contributed by atoms with Gasteiger partial charge in [-0.1, -0.05) is 35.9 Å². The molecule has 26 heavy (non-hydrogen) atoms. The third kappa shape index (κ3) is 4.24. The number of imidazole rings is 1. The van der Waals surface area contributed by atoms with Gasteiger partial charge >= 0.3 is 0 Å². The molecule has 0 radical (unpaired) electrons. The van der Waals surface area contributed by atoms with Crippen molar-refractivity contribution in [1.29, 1.82) is 0 Å². The molecule has 6 heteroatoms. The van der Waals surface area contributed by atoms with Crippen LogP contribution in [0.15, 0.2) is 60.9 Å². The first-order chi connectivity index (χ1) is 12.6. The van der Waals surface area contributed by atoms with E-state index in [0.717, 1.165) is 22.7 Å². The van der Waals surface area contributed by atoms with Crippen molar-refractivity contribution < 1.29 is 9.53 Å². The van der Waals surface area contributed by atoms with E-state index in [9.17, 15) is 4.79 Å². The normalized spacial score (nSPS) is 11.8. The Morgan fingerprint density at radius 2 is 1.88 bits per heavy atom. The molecule has 1 atom stereocenters. The highest BCUT2D eigenvalue weighted by molar-refractivity contribution is 6.30. The molecule has 2 aromatic carbocycles. The standard InChI is InChI=1S/C20H20ClN3O2/c1-24-12-11-22-20(24)19(15-5-9-17(26-2)10-6-15)23-18(25)13-14-3-7-16(21)8-4-14/h3-12,19H,13H2,1-2H3,(H,23,25). The second kappa shape index (κ2) is 8.06. The molecule has 1 heterocycles. The summed E-state index contributed by atoms with van der Waals surface area (Å²) in [7, 11) is 3.53. The predicted molar refractivity (Wildman–Crippen MR) is 101 cm³/mol. The number of nitrogens with zero attached hydrogens (tertiary/aromatic N) is 2. The Balaban J connectivity index is 1.82. The monoisotopic (exact) mass is 369 g/mol. The van der Waals surface area contributed by atoms with Crippen LogP contribution in [0.3, 0.4) is 0 Å². The second-order valence-electron chi connectivity index (χ2n) is 5.97. The number of halogens is 1. The van der Waals surface area contributed by atoms with E-state index >= 15 is 0 Å². The average molecular weight is 370 g/mol. The van der Waals surface area contributed by atoms with Crippen molar-refractivity contribution in [3.05, 3.63) is 82.9 Å². The fraction of sp³-hybridized carbons (Fsp3) is 0.200. The smallest absolute Gasteiger partial charge is 0.225 e. The van der Waals surface area contributed by atoms with Crippen LogP contribution in [0.4, 0.5) is 0 Å². The van der Waals surface area contributed by atoms with Gasteiger partial charge < -0.3 is 14.6 Å².